The SMILES string of the molecule is CCCCCNS(=O)(=O)c1cccc(C#CCN)c1. The first kappa shape index (κ1) is 15.7. The van der Waals surface area contributed by atoms with Crippen LogP contribution in [-0.2, 0) is 10.0 Å². The Kier molecular flexibility index (Phi) is 6.57. The van der Waals surface area contributed by atoms with Crippen molar-refractivity contribution in [3.63, 3.8) is 0 Å². The summed E-state index contributed by atoms with van der Waals surface area (Å²) in [6, 6.07) is 6.57. The van der Waals surface area contributed by atoms with E-state index in [1.54, 1.807) is 24.3 Å². The zero-order valence-corrected chi connectivity index (χ0v) is 12.0. The summed E-state index contributed by atoms with van der Waals surface area (Å²) >= 11 is 0. The van der Waals surface area contributed by atoms with Gasteiger partial charge in [0, 0.05) is 12.1 Å². The zero-order valence-electron chi connectivity index (χ0n) is 11.1. The summed E-state index contributed by atoms with van der Waals surface area (Å²) in [5.74, 6) is 5.53. The van der Waals surface area contributed by atoms with Crippen LogP contribution in [0.5, 0.6) is 0 Å². The number of sulfonamides is 1. The van der Waals surface area contributed by atoms with Gasteiger partial charge in [0.25, 0.3) is 0 Å². The molecule has 0 radical (unpaired) electrons. The van der Waals surface area contributed by atoms with Gasteiger partial charge < -0.3 is 5.73 Å². The van der Waals surface area contributed by atoms with E-state index in [1.165, 1.54) is 0 Å². The van der Waals surface area contributed by atoms with Gasteiger partial charge in [0.05, 0.1) is 11.4 Å². The topological polar surface area (TPSA) is 72.2 Å². The molecule has 0 aliphatic carbocycles. The van der Waals surface area contributed by atoms with Crippen molar-refractivity contribution in [3.8, 4) is 11.8 Å². The third kappa shape index (κ3) is 5.43. The standard InChI is InChI=1S/C14H20N2O2S/c1-2-3-4-11-16-19(17,18)14-9-5-7-13(12-14)8-6-10-15/h5,7,9,12,16H,2-4,10-11,15H2,1H3. The second-order valence-electron chi connectivity index (χ2n) is 4.14. The van der Waals surface area contributed by atoms with E-state index in [2.05, 4.69) is 23.5 Å². The van der Waals surface area contributed by atoms with E-state index in [-0.39, 0.29) is 11.4 Å². The maximum Gasteiger partial charge on any atom is 0.240 e. The molecule has 0 heterocycles. The lowest BCUT2D eigenvalue weighted by Crippen LogP contribution is -2.24. The molecule has 3 N–H and O–H groups in total. The fourth-order valence-corrected chi connectivity index (χ4v) is 2.68. The van der Waals surface area contributed by atoms with Crippen molar-refractivity contribution in [3.05, 3.63) is 29.8 Å². The minimum atomic E-state index is -3.44. The first-order valence-corrected chi connectivity index (χ1v) is 7.87. The Morgan fingerprint density at radius 3 is 2.79 bits per heavy atom. The van der Waals surface area contributed by atoms with E-state index >= 15 is 0 Å². The predicted molar refractivity (Wildman–Crippen MR) is 77.1 cm³/mol. The van der Waals surface area contributed by atoms with Crippen molar-refractivity contribution in [1.82, 2.24) is 4.72 Å². The molecule has 0 unspecified atom stereocenters. The van der Waals surface area contributed by atoms with Crippen LogP contribution >= 0.6 is 0 Å². The molecule has 0 amide bonds. The lowest BCUT2D eigenvalue weighted by molar-refractivity contribution is 0.576. The van der Waals surface area contributed by atoms with Crippen molar-refractivity contribution in [2.45, 2.75) is 31.1 Å². The number of hydrogen-bond donors (Lipinski definition) is 2. The molecule has 0 aliphatic rings. The van der Waals surface area contributed by atoms with Gasteiger partial charge in [-0.1, -0.05) is 37.7 Å². The van der Waals surface area contributed by atoms with E-state index in [1.807, 2.05) is 0 Å². The largest absolute Gasteiger partial charge is 0.320 e. The molecule has 0 fully saturated rings. The van der Waals surface area contributed by atoms with Crippen LogP contribution in [0.1, 0.15) is 31.7 Å². The van der Waals surface area contributed by atoms with Crippen molar-refractivity contribution in [1.29, 1.82) is 0 Å². The van der Waals surface area contributed by atoms with E-state index in [4.69, 9.17) is 5.73 Å². The van der Waals surface area contributed by atoms with Gasteiger partial charge >= 0.3 is 0 Å². The number of benzene rings is 1. The van der Waals surface area contributed by atoms with E-state index < -0.39 is 10.0 Å². The number of unbranched alkanes of at least 4 members (excludes halogenated alkanes) is 2. The van der Waals surface area contributed by atoms with Gasteiger partial charge in [-0.2, -0.15) is 0 Å². The molecule has 0 atom stereocenters. The number of rotatable bonds is 6. The van der Waals surface area contributed by atoms with Gasteiger partial charge in [-0.25, -0.2) is 13.1 Å². The van der Waals surface area contributed by atoms with Crippen LogP contribution in [0, 0.1) is 11.8 Å². The summed E-state index contributed by atoms with van der Waals surface area (Å²) in [4.78, 5) is 0.243. The van der Waals surface area contributed by atoms with Gasteiger partial charge in [0.2, 0.25) is 10.0 Å². The van der Waals surface area contributed by atoms with Crippen LogP contribution in [0.4, 0.5) is 0 Å². The minimum absolute atomic E-state index is 0.243. The van der Waals surface area contributed by atoms with Crippen LogP contribution in [0.15, 0.2) is 29.2 Å². The Balaban J connectivity index is 2.77. The average Bonchev–Trinajstić information content (AvgIpc) is 2.42. The van der Waals surface area contributed by atoms with Gasteiger partial charge in [-0.05, 0) is 24.6 Å². The number of hydrogen-bond acceptors (Lipinski definition) is 3. The second kappa shape index (κ2) is 7.95. The monoisotopic (exact) mass is 280 g/mol. The molecule has 1 aromatic rings. The highest BCUT2D eigenvalue weighted by molar-refractivity contribution is 7.89. The third-order valence-corrected chi connectivity index (χ3v) is 4.01. The fraction of sp³-hybridized carbons (Fsp3) is 0.429. The molecule has 0 bridgehead atoms. The van der Waals surface area contributed by atoms with Crippen LogP contribution in [0.25, 0.3) is 0 Å². The van der Waals surface area contributed by atoms with Crippen LogP contribution in [0.3, 0.4) is 0 Å². The highest BCUT2D eigenvalue weighted by Gasteiger charge is 2.12. The Morgan fingerprint density at radius 2 is 2.11 bits per heavy atom. The Bertz CT molecular complexity index is 556. The van der Waals surface area contributed by atoms with E-state index in [0.29, 0.717) is 12.1 Å². The summed E-state index contributed by atoms with van der Waals surface area (Å²) in [6.45, 7) is 2.80. The van der Waals surface area contributed by atoms with Gasteiger partial charge in [-0.15, -0.1) is 0 Å². The normalized spacial score (nSPS) is 10.8. The second-order valence-corrected chi connectivity index (χ2v) is 5.91. The molecule has 1 rings (SSSR count). The highest BCUT2D eigenvalue weighted by atomic mass is 32.2. The molecule has 0 aliphatic heterocycles. The molecule has 19 heavy (non-hydrogen) atoms. The number of nitrogens with two attached hydrogens (primary N) is 1. The molecular weight excluding hydrogens is 260 g/mol. The van der Waals surface area contributed by atoms with Crippen LogP contribution in [0.2, 0.25) is 0 Å². The summed E-state index contributed by atoms with van der Waals surface area (Å²) < 4.78 is 26.7. The maximum absolute atomic E-state index is 12.0. The quantitative estimate of drug-likeness (QED) is 0.612. The lowest BCUT2D eigenvalue weighted by Gasteiger charge is -2.06. The zero-order chi connectivity index (χ0) is 14.1. The molecule has 5 heteroatoms. The lowest BCUT2D eigenvalue weighted by atomic mass is 10.2. The molecule has 104 valence electrons. The summed E-state index contributed by atoms with van der Waals surface area (Å²) in [5.41, 5.74) is 5.94. The van der Waals surface area contributed by atoms with Crippen molar-refractivity contribution >= 4 is 10.0 Å². The molecule has 1 aromatic carbocycles. The summed E-state index contributed by atoms with van der Waals surface area (Å²) in [6.07, 6.45) is 2.93. The molecule has 0 saturated carbocycles. The summed E-state index contributed by atoms with van der Waals surface area (Å²) in [7, 11) is -3.44. The minimum Gasteiger partial charge on any atom is -0.320 e. The van der Waals surface area contributed by atoms with Gasteiger partial charge in [-0.3, -0.25) is 0 Å². The highest BCUT2D eigenvalue weighted by Crippen LogP contribution is 2.10. The first-order valence-electron chi connectivity index (χ1n) is 6.39. The molecule has 0 aromatic heterocycles. The smallest absolute Gasteiger partial charge is 0.240 e. The fourth-order valence-electron chi connectivity index (χ4n) is 1.56. The van der Waals surface area contributed by atoms with Gasteiger partial charge in [0.15, 0.2) is 0 Å². The maximum atomic E-state index is 12.0. The molecule has 0 saturated heterocycles. The average molecular weight is 280 g/mol. The van der Waals surface area contributed by atoms with Crippen molar-refractivity contribution in [2.24, 2.45) is 5.73 Å². The first-order chi connectivity index (χ1) is 9.10. The predicted octanol–water partition coefficient (Wildman–Crippen LogP) is 1.47. The molecular formula is C14H20N2O2S. The Hall–Kier alpha value is -1.35. The molecule has 4 nitrogen and oxygen atoms in total. The van der Waals surface area contributed by atoms with Crippen LogP contribution in [-0.4, -0.2) is 21.5 Å². The Labute approximate surface area is 115 Å². The van der Waals surface area contributed by atoms with Crippen molar-refractivity contribution < 1.29 is 8.42 Å². The van der Waals surface area contributed by atoms with Crippen molar-refractivity contribution in [2.75, 3.05) is 13.1 Å². The van der Waals surface area contributed by atoms with Gasteiger partial charge in [0.1, 0.15) is 0 Å². The Morgan fingerprint density at radius 1 is 1.32 bits per heavy atom. The van der Waals surface area contributed by atoms with Crippen LogP contribution < -0.4 is 10.5 Å². The molecule has 0 spiro atoms. The van der Waals surface area contributed by atoms with E-state index in [9.17, 15) is 8.42 Å². The summed E-state index contributed by atoms with van der Waals surface area (Å²) in [5, 5.41) is 0. The third-order valence-electron chi connectivity index (χ3n) is 2.55. The number of nitrogens with one attached hydrogen (secondary N) is 1. The van der Waals surface area contributed by atoms with E-state index in [0.717, 1.165) is 19.3 Å².